The maximum atomic E-state index is 15.0. The van der Waals surface area contributed by atoms with Crippen LogP contribution in [-0.2, 0) is 6.54 Å². The lowest BCUT2D eigenvalue weighted by Gasteiger charge is -2.26. The summed E-state index contributed by atoms with van der Waals surface area (Å²) in [5.41, 5.74) is 1.65. The van der Waals surface area contributed by atoms with E-state index in [0.29, 0.717) is 33.9 Å². The highest BCUT2D eigenvalue weighted by Crippen LogP contribution is 2.36. The van der Waals surface area contributed by atoms with Crippen LogP contribution in [0.3, 0.4) is 0 Å². The van der Waals surface area contributed by atoms with Gasteiger partial charge in [-0.2, -0.15) is 0 Å². The fourth-order valence-electron chi connectivity index (χ4n) is 4.95. The monoisotopic (exact) mass is 569 g/mol. The van der Waals surface area contributed by atoms with E-state index in [1.54, 1.807) is 29.3 Å². The molecule has 9 heteroatoms. The number of carbonyl (C=O) groups excluding carboxylic acids is 1. The first kappa shape index (κ1) is 30.2. The van der Waals surface area contributed by atoms with Gasteiger partial charge in [-0.1, -0.05) is 19.9 Å². The molecule has 1 amide bonds. The second kappa shape index (κ2) is 12.9. The predicted molar refractivity (Wildman–Crippen MR) is 160 cm³/mol. The van der Waals surface area contributed by atoms with E-state index < -0.39 is 11.2 Å². The standard InChI is InChI=1S/C30H36FN3O3S.CH4O/c1-18-24(13-20(14-26(18)31)28(36)33-21-5-6-21)19-4-7-23-25(12-19)27(38-22-8-10-32-11-9-22)15-34(29(23)37)16-30(2,3)17-35;1-2/h4,7,12-15,21-22,32,35H,5-6,8-11,16-17H2,1-3H3,(H,33,36);2H,1H3. The third kappa shape index (κ3) is 6.94. The van der Waals surface area contributed by atoms with Gasteiger partial charge in [0.15, 0.2) is 0 Å². The molecule has 1 aromatic heterocycles. The van der Waals surface area contributed by atoms with Crippen LogP contribution in [0.25, 0.3) is 21.9 Å². The van der Waals surface area contributed by atoms with E-state index in [4.69, 9.17) is 5.11 Å². The number of nitrogens with one attached hydrogen (secondary N) is 2. The average Bonchev–Trinajstić information content (AvgIpc) is 3.78. The summed E-state index contributed by atoms with van der Waals surface area (Å²) in [7, 11) is 1.00. The number of piperidine rings is 1. The lowest BCUT2D eigenvalue weighted by Crippen LogP contribution is -2.31. The molecular weight excluding hydrogens is 529 g/mol. The number of benzene rings is 2. The van der Waals surface area contributed by atoms with E-state index in [1.165, 1.54) is 6.07 Å². The summed E-state index contributed by atoms with van der Waals surface area (Å²) in [6.45, 7) is 7.91. The summed E-state index contributed by atoms with van der Waals surface area (Å²) < 4.78 is 16.7. The molecule has 0 atom stereocenters. The summed E-state index contributed by atoms with van der Waals surface area (Å²) in [4.78, 5) is 27.2. The van der Waals surface area contributed by atoms with Gasteiger partial charge in [0.2, 0.25) is 0 Å². The Bertz CT molecular complexity index is 1430. The van der Waals surface area contributed by atoms with Crippen LogP contribution in [-0.4, -0.2) is 58.8 Å². The normalized spacial score (nSPS) is 16.0. The van der Waals surface area contributed by atoms with Crippen LogP contribution in [0.5, 0.6) is 0 Å². The molecule has 0 bridgehead atoms. The second-order valence-corrected chi connectivity index (χ2v) is 12.8. The molecule has 2 heterocycles. The van der Waals surface area contributed by atoms with E-state index in [0.717, 1.165) is 61.7 Å². The summed E-state index contributed by atoms with van der Waals surface area (Å²) in [6.07, 6.45) is 5.92. The van der Waals surface area contributed by atoms with Crippen molar-refractivity contribution in [2.24, 2.45) is 5.41 Å². The minimum Gasteiger partial charge on any atom is -0.400 e. The number of amides is 1. The molecule has 0 spiro atoms. The van der Waals surface area contributed by atoms with Crippen molar-refractivity contribution in [2.75, 3.05) is 26.8 Å². The zero-order valence-corrected chi connectivity index (χ0v) is 24.5. The van der Waals surface area contributed by atoms with Gasteiger partial charge >= 0.3 is 0 Å². The van der Waals surface area contributed by atoms with E-state index >= 15 is 0 Å². The fraction of sp³-hybridized carbons (Fsp3) is 0.484. The number of hydrogen-bond acceptors (Lipinski definition) is 6. The minimum atomic E-state index is -0.440. The quantitative estimate of drug-likeness (QED) is 0.319. The van der Waals surface area contributed by atoms with Gasteiger partial charge in [0.25, 0.3) is 11.5 Å². The van der Waals surface area contributed by atoms with Gasteiger partial charge in [0.05, 0.1) is 0 Å². The Balaban J connectivity index is 0.00000181. The smallest absolute Gasteiger partial charge is 0.258 e. The second-order valence-electron chi connectivity index (χ2n) is 11.5. The third-order valence-electron chi connectivity index (χ3n) is 7.49. The first-order valence-corrected chi connectivity index (χ1v) is 14.7. The number of carbonyl (C=O) groups is 1. The highest BCUT2D eigenvalue weighted by atomic mass is 32.2. The van der Waals surface area contributed by atoms with E-state index in [-0.39, 0.29) is 24.1 Å². The first-order valence-electron chi connectivity index (χ1n) is 13.9. The Morgan fingerprint density at radius 1 is 1.12 bits per heavy atom. The molecule has 7 nitrogen and oxygen atoms in total. The van der Waals surface area contributed by atoms with Gasteiger partial charge in [-0.15, -0.1) is 11.8 Å². The van der Waals surface area contributed by atoms with Crippen molar-refractivity contribution in [2.45, 2.75) is 69.2 Å². The van der Waals surface area contributed by atoms with Crippen molar-refractivity contribution < 1.29 is 19.4 Å². The molecule has 1 aliphatic carbocycles. The molecule has 2 fully saturated rings. The number of aliphatic hydroxyl groups is 2. The lowest BCUT2D eigenvalue weighted by molar-refractivity contribution is 0.0950. The molecule has 216 valence electrons. The van der Waals surface area contributed by atoms with Crippen LogP contribution in [0.2, 0.25) is 0 Å². The Labute approximate surface area is 239 Å². The number of hydrogen-bond donors (Lipinski definition) is 4. The number of pyridine rings is 1. The largest absolute Gasteiger partial charge is 0.400 e. The summed E-state index contributed by atoms with van der Waals surface area (Å²) >= 11 is 1.78. The van der Waals surface area contributed by atoms with Gasteiger partial charge in [-0.3, -0.25) is 9.59 Å². The van der Waals surface area contributed by atoms with E-state index in [1.807, 2.05) is 38.2 Å². The van der Waals surface area contributed by atoms with Crippen LogP contribution < -0.4 is 16.2 Å². The number of halogens is 1. The Morgan fingerprint density at radius 3 is 2.48 bits per heavy atom. The minimum absolute atomic E-state index is 0.0251. The van der Waals surface area contributed by atoms with E-state index in [2.05, 4.69) is 10.6 Å². The molecule has 2 aliphatic rings. The predicted octanol–water partition coefficient (Wildman–Crippen LogP) is 4.48. The van der Waals surface area contributed by atoms with Gasteiger partial charge in [-0.05, 0) is 86.7 Å². The Kier molecular flexibility index (Phi) is 9.72. The number of fused-ring (bicyclic) bond motifs is 1. The maximum Gasteiger partial charge on any atom is 0.258 e. The summed E-state index contributed by atoms with van der Waals surface area (Å²) in [5, 5.41) is 25.0. The number of nitrogens with zero attached hydrogens (tertiary/aromatic N) is 1. The van der Waals surface area contributed by atoms with E-state index in [9.17, 15) is 19.1 Å². The summed E-state index contributed by atoms with van der Waals surface area (Å²) in [6, 6.07) is 8.86. The molecule has 3 aromatic rings. The topological polar surface area (TPSA) is 104 Å². The van der Waals surface area contributed by atoms with Crippen molar-refractivity contribution in [3.8, 4) is 11.1 Å². The highest BCUT2D eigenvalue weighted by Gasteiger charge is 2.25. The molecule has 4 N–H and O–H groups in total. The zero-order chi connectivity index (χ0) is 29.0. The first-order chi connectivity index (χ1) is 19.1. The van der Waals surface area contributed by atoms with Crippen LogP contribution in [0, 0.1) is 18.2 Å². The Hall–Kier alpha value is -2.72. The molecule has 1 saturated heterocycles. The average molecular weight is 570 g/mol. The SMILES string of the molecule is CO.Cc1c(F)cc(C(=O)NC2CC2)cc1-c1ccc2c(=O)n(CC(C)(C)CO)cc(SC3CCNCC3)c2c1. The van der Waals surface area contributed by atoms with Gasteiger partial charge in [0.1, 0.15) is 5.82 Å². The van der Waals surface area contributed by atoms with Crippen LogP contribution >= 0.6 is 11.8 Å². The van der Waals surface area contributed by atoms with Gasteiger partial charge in [-0.25, -0.2) is 4.39 Å². The zero-order valence-electron chi connectivity index (χ0n) is 23.7. The highest BCUT2D eigenvalue weighted by molar-refractivity contribution is 8.00. The number of aromatic nitrogens is 1. The van der Waals surface area contributed by atoms with Crippen LogP contribution in [0.1, 0.15) is 55.5 Å². The molecule has 1 aliphatic heterocycles. The Morgan fingerprint density at radius 2 is 1.82 bits per heavy atom. The lowest BCUT2D eigenvalue weighted by atomic mass is 9.94. The third-order valence-corrected chi connectivity index (χ3v) is 8.87. The van der Waals surface area contributed by atoms with Gasteiger partial charge in [0, 0.05) is 64.4 Å². The summed E-state index contributed by atoms with van der Waals surface area (Å²) in [5.74, 6) is -0.681. The fourth-order valence-corrected chi connectivity index (χ4v) is 6.26. The van der Waals surface area contributed by atoms with Crippen LogP contribution in [0.15, 0.2) is 46.2 Å². The number of rotatable bonds is 8. The molecular formula is C31H40FN3O4S. The van der Waals surface area contributed by atoms with Crippen molar-refractivity contribution in [1.82, 2.24) is 15.2 Å². The van der Waals surface area contributed by atoms with Crippen LogP contribution in [0.4, 0.5) is 4.39 Å². The van der Waals surface area contributed by atoms with Crippen molar-refractivity contribution >= 4 is 28.4 Å². The molecule has 40 heavy (non-hydrogen) atoms. The van der Waals surface area contributed by atoms with Gasteiger partial charge < -0.3 is 25.4 Å². The number of thioether (sulfide) groups is 1. The maximum absolute atomic E-state index is 15.0. The van der Waals surface area contributed by atoms with Crippen molar-refractivity contribution in [3.05, 3.63) is 63.8 Å². The molecule has 0 radical (unpaired) electrons. The van der Waals surface area contributed by atoms with Crippen molar-refractivity contribution in [1.29, 1.82) is 0 Å². The molecule has 2 aromatic carbocycles. The number of aliphatic hydroxyl groups excluding tert-OH is 2. The molecule has 5 rings (SSSR count). The van der Waals surface area contributed by atoms with Crippen molar-refractivity contribution in [3.63, 3.8) is 0 Å². The molecule has 1 saturated carbocycles. The molecule has 0 unspecified atom stereocenters.